The van der Waals surface area contributed by atoms with Crippen molar-refractivity contribution in [3.05, 3.63) is 0 Å². The Morgan fingerprint density at radius 2 is 2.00 bits per heavy atom. The third kappa shape index (κ3) is 4.98. The standard InChI is InChI=1S/C12H21NO3S/c1-9-3-5-13(6-4-9)11(14)8-17-7-10(2)12(15)16/h9-10H,3-8H2,1-2H3,(H,15,16). The zero-order chi connectivity index (χ0) is 12.8. The first-order valence-corrected chi connectivity index (χ1v) is 7.24. The van der Waals surface area contributed by atoms with Gasteiger partial charge in [-0.15, -0.1) is 0 Å². The van der Waals surface area contributed by atoms with Gasteiger partial charge in [0.05, 0.1) is 11.7 Å². The molecule has 1 fully saturated rings. The van der Waals surface area contributed by atoms with Crippen LogP contribution in [0.2, 0.25) is 0 Å². The van der Waals surface area contributed by atoms with E-state index >= 15 is 0 Å². The van der Waals surface area contributed by atoms with Crippen molar-refractivity contribution < 1.29 is 14.7 Å². The second kappa shape index (κ2) is 6.89. The van der Waals surface area contributed by atoms with Crippen molar-refractivity contribution in [3.8, 4) is 0 Å². The topological polar surface area (TPSA) is 57.6 Å². The van der Waals surface area contributed by atoms with Crippen LogP contribution in [0.15, 0.2) is 0 Å². The van der Waals surface area contributed by atoms with Gasteiger partial charge >= 0.3 is 5.97 Å². The second-order valence-corrected chi connectivity index (χ2v) is 5.85. The van der Waals surface area contributed by atoms with Crippen LogP contribution in [0.5, 0.6) is 0 Å². The van der Waals surface area contributed by atoms with Crippen LogP contribution in [0.3, 0.4) is 0 Å². The molecule has 1 atom stereocenters. The summed E-state index contributed by atoms with van der Waals surface area (Å²) in [6, 6.07) is 0. The van der Waals surface area contributed by atoms with Crippen molar-refractivity contribution in [2.45, 2.75) is 26.7 Å². The normalized spacial score (nSPS) is 19.1. The summed E-state index contributed by atoms with van der Waals surface area (Å²) in [5.41, 5.74) is 0. The van der Waals surface area contributed by atoms with E-state index in [1.54, 1.807) is 6.92 Å². The van der Waals surface area contributed by atoms with Gasteiger partial charge in [0, 0.05) is 18.8 Å². The molecule has 1 heterocycles. The zero-order valence-corrected chi connectivity index (χ0v) is 11.3. The molecule has 17 heavy (non-hydrogen) atoms. The van der Waals surface area contributed by atoms with Crippen molar-refractivity contribution in [3.63, 3.8) is 0 Å². The van der Waals surface area contributed by atoms with Crippen molar-refractivity contribution in [2.75, 3.05) is 24.6 Å². The van der Waals surface area contributed by atoms with Gasteiger partial charge in [0.1, 0.15) is 0 Å². The Morgan fingerprint density at radius 1 is 1.41 bits per heavy atom. The minimum absolute atomic E-state index is 0.152. The Hall–Kier alpha value is -0.710. The first kappa shape index (κ1) is 14.4. The molecular formula is C12H21NO3S. The first-order chi connectivity index (χ1) is 8.00. The lowest BCUT2D eigenvalue weighted by molar-refractivity contribution is -0.140. The maximum atomic E-state index is 11.8. The number of likely N-dealkylation sites (tertiary alicyclic amines) is 1. The number of thioether (sulfide) groups is 1. The number of rotatable bonds is 5. The highest BCUT2D eigenvalue weighted by Crippen LogP contribution is 2.17. The molecule has 5 heteroatoms. The van der Waals surface area contributed by atoms with E-state index in [1.165, 1.54) is 11.8 Å². The highest BCUT2D eigenvalue weighted by Gasteiger charge is 2.20. The SMILES string of the molecule is CC1CCN(C(=O)CSCC(C)C(=O)O)CC1. The van der Waals surface area contributed by atoms with Gasteiger partial charge < -0.3 is 10.0 Å². The monoisotopic (exact) mass is 259 g/mol. The minimum atomic E-state index is -0.795. The van der Waals surface area contributed by atoms with E-state index in [2.05, 4.69) is 6.92 Å². The number of aliphatic carboxylic acids is 1. The largest absolute Gasteiger partial charge is 0.481 e. The lowest BCUT2D eigenvalue weighted by Gasteiger charge is -2.30. The molecule has 0 aromatic heterocycles. The highest BCUT2D eigenvalue weighted by molar-refractivity contribution is 7.99. The molecule has 0 saturated carbocycles. The fraction of sp³-hybridized carbons (Fsp3) is 0.833. The van der Waals surface area contributed by atoms with Crippen molar-refractivity contribution >= 4 is 23.6 Å². The Kier molecular flexibility index (Phi) is 5.82. The van der Waals surface area contributed by atoms with Gasteiger partial charge in [-0.05, 0) is 18.8 Å². The average molecular weight is 259 g/mol. The van der Waals surface area contributed by atoms with E-state index in [1.807, 2.05) is 4.90 Å². The molecule has 1 amide bonds. The predicted molar refractivity (Wildman–Crippen MR) is 69.1 cm³/mol. The van der Waals surface area contributed by atoms with E-state index in [9.17, 15) is 9.59 Å². The molecule has 0 bridgehead atoms. The quantitative estimate of drug-likeness (QED) is 0.816. The Morgan fingerprint density at radius 3 is 2.53 bits per heavy atom. The van der Waals surface area contributed by atoms with Gasteiger partial charge in [-0.25, -0.2) is 0 Å². The number of hydrogen-bond donors (Lipinski definition) is 1. The molecule has 0 aliphatic carbocycles. The van der Waals surface area contributed by atoms with Gasteiger partial charge in [-0.2, -0.15) is 11.8 Å². The Bertz CT molecular complexity index is 275. The van der Waals surface area contributed by atoms with Crippen molar-refractivity contribution in [1.82, 2.24) is 4.90 Å². The van der Waals surface area contributed by atoms with E-state index in [4.69, 9.17) is 5.11 Å². The third-order valence-electron chi connectivity index (χ3n) is 3.15. The van der Waals surface area contributed by atoms with E-state index < -0.39 is 5.97 Å². The number of hydrogen-bond acceptors (Lipinski definition) is 3. The summed E-state index contributed by atoms with van der Waals surface area (Å²) in [6.07, 6.45) is 2.17. The van der Waals surface area contributed by atoms with Gasteiger partial charge in [0.15, 0.2) is 0 Å². The number of carbonyl (C=O) groups is 2. The third-order valence-corrected chi connectivity index (χ3v) is 4.34. The molecular weight excluding hydrogens is 238 g/mol. The summed E-state index contributed by atoms with van der Waals surface area (Å²) < 4.78 is 0. The van der Waals surface area contributed by atoms with Crippen molar-refractivity contribution in [1.29, 1.82) is 0 Å². The van der Waals surface area contributed by atoms with Crippen LogP contribution in [0, 0.1) is 11.8 Å². The van der Waals surface area contributed by atoms with E-state index in [-0.39, 0.29) is 11.8 Å². The van der Waals surface area contributed by atoms with Crippen LogP contribution < -0.4 is 0 Å². The number of carbonyl (C=O) groups excluding carboxylic acids is 1. The lowest BCUT2D eigenvalue weighted by Crippen LogP contribution is -2.39. The Labute approximate surface area is 107 Å². The molecule has 0 aromatic rings. The summed E-state index contributed by atoms with van der Waals surface area (Å²) in [5.74, 6) is 0.612. The predicted octanol–water partition coefficient (Wildman–Crippen LogP) is 1.70. The summed E-state index contributed by atoms with van der Waals surface area (Å²) in [6.45, 7) is 5.59. The summed E-state index contributed by atoms with van der Waals surface area (Å²) in [4.78, 5) is 24.3. The lowest BCUT2D eigenvalue weighted by atomic mass is 9.99. The Balaban J connectivity index is 2.19. The molecule has 0 spiro atoms. The number of nitrogens with zero attached hydrogens (tertiary/aromatic N) is 1. The molecule has 0 radical (unpaired) electrons. The highest BCUT2D eigenvalue weighted by atomic mass is 32.2. The molecule has 1 saturated heterocycles. The van der Waals surface area contributed by atoms with E-state index in [0.29, 0.717) is 11.5 Å². The van der Waals surface area contributed by atoms with E-state index in [0.717, 1.165) is 31.8 Å². The molecule has 0 aromatic carbocycles. The zero-order valence-electron chi connectivity index (χ0n) is 10.5. The molecule has 1 aliphatic rings. The van der Waals surface area contributed by atoms with Gasteiger partial charge in [0.2, 0.25) is 5.91 Å². The van der Waals surface area contributed by atoms with Gasteiger partial charge in [-0.1, -0.05) is 13.8 Å². The first-order valence-electron chi connectivity index (χ1n) is 6.09. The fourth-order valence-electron chi connectivity index (χ4n) is 1.74. The number of amides is 1. The second-order valence-electron chi connectivity index (χ2n) is 4.82. The van der Waals surface area contributed by atoms with Gasteiger partial charge in [0.25, 0.3) is 0 Å². The van der Waals surface area contributed by atoms with Crippen LogP contribution in [-0.2, 0) is 9.59 Å². The number of carboxylic acid groups (broad SMARTS) is 1. The van der Waals surface area contributed by atoms with Gasteiger partial charge in [-0.3, -0.25) is 9.59 Å². The molecule has 1 rings (SSSR count). The molecule has 98 valence electrons. The average Bonchev–Trinajstić information content (AvgIpc) is 2.29. The molecule has 1 unspecified atom stereocenters. The smallest absolute Gasteiger partial charge is 0.307 e. The van der Waals surface area contributed by atoms with Crippen molar-refractivity contribution in [2.24, 2.45) is 11.8 Å². The number of carboxylic acids is 1. The fourth-order valence-corrected chi connectivity index (χ4v) is 2.71. The maximum absolute atomic E-state index is 11.8. The maximum Gasteiger partial charge on any atom is 0.307 e. The van der Waals surface area contributed by atoms with Crippen LogP contribution in [0.4, 0.5) is 0 Å². The molecule has 1 aliphatic heterocycles. The van der Waals surface area contributed by atoms with Crippen LogP contribution >= 0.6 is 11.8 Å². The molecule has 4 nitrogen and oxygen atoms in total. The van der Waals surface area contributed by atoms with Crippen LogP contribution in [0.25, 0.3) is 0 Å². The number of piperidine rings is 1. The minimum Gasteiger partial charge on any atom is -0.481 e. The van der Waals surface area contributed by atoms with Crippen LogP contribution in [-0.4, -0.2) is 46.5 Å². The van der Waals surface area contributed by atoms with Crippen LogP contribution in [0.1, 0.15) is 26.7 Å². The molecule has 1 N–H and O–H groups in total. The summed E-state index contributed by atoms with van der Waals surface area (Å²) in [5, 5.41) is 8.72. The summed E-state index contributed by atoms with van der Waals surface area (Å²) in [7, 11) is 0. The summed E-state index contributed by atoms with van der Waals surface area (Å²) >= 11 is 1.42.